The third kappa shape index (κ3) is 8.59. The summed E-state index contributed by atoms with van der Waals surface area (Å²) in [6.45, 7) is 3.91. The van der Waals surface area contributed by atoms with Gasteiger partial charge in [-0.1, -0.05) is 25.6 Å². The number of nitrogens with one attached hydrogen (secondary N) is 3. The van der Waals surface area contributed by atoms with Crippen LogP contribution in [0.4, 0.5) is 11.9 Å². The number of hydrogen-bond donors (Lipinski definition) is 4. The Bertz CT molecular complexity index is 986. The van der Waals surface area contributed by atoms with Crippen LogP contribution in [0.3, 0.4) is 0 Å². The van der Waals surface area contributed by atoms with Crippen molar-refractivity contribution < 1.29 is 18.3 Å². The van der Waals surface area contributed by atoms with Crippen LogP contribution in [-0.2, 0) is 15.8 Å². The Kier molecular flexibility index (Phi) is 8.88. The van der Waals surface area contributed by atoms with E-state index in [0.29, 0.717) is 23.8 Å². The number of thioether (sulfide) groups is 1. The zero-order valence-corrected chi connectivity index (χ0v) is 19.3. The molecule has 0 radical (unpaired) electrons. The average Bonchev–Trinajstić information content (AvgIpc) is 2.69. The predicted octanol–water partition coefficient (Wildman–Crippen LogP) is 0.504. The number of carbonyl (C=O) groups excluding carboxylic acids is 1. The van der Waals surface area contributed by atoms with Crippen LogP contribution in [0, 0.1) is 5.92 Å². The SMILES string of the molecule is CNC(=O)c1cnc(CSc2nc(N[C@@H](CO)CC(C)C)nc(NS(C)(=O)=O)n2)cn1. The molecule has 0 aromatic carbocycles. The molecule has 0 saturated heterocycles. The van der Waals surface area contributed by atoms with Gasteiger partial charge in [0.05, 0.1) is 37.0 Å². The molecule has 0 aliphatic rings. The van der Waals surface area contributed by atoms with E-state index in [4.69, 9.17) is 0 Å². The summed E-state index contributed by atoms with van der Waals surface area (Å²) in [6.07, 6.45) is 4.50. The maximum absolute atomic E-state index is 11.6. The fourth-order valence-corrected chi connectivity index (χ4v) is 3.59. The fraction of sp³-hybridized carbons (Fsp3) is 0.529. The lowest BCUT2D eigenvalue weighted by Gasteiger charge is -2.18. The number of rotatable bonds is 11. The third-order valence-electron chi connectivity index (χ3n) is 3.72. The molecule has 170 valence electrons. The van der Waals surface area contributed by atoms with Gasteiger partial charge in [0.1, 0.15) is 5.69 Å². The van der Waals surface area contributed by atoms with Crippen molar-refractivity contribution in [1.29, 1.82) is 0 Å². The van der Waals surface area contributed by atoms with E-state index < -0.39 is 10.0 Å². The second kappa shape index (κ2) is 11.2. The first kappa shape index (κ1) is 24.7. The molecule has 31 heavy (non-hydrogen) atoms. The number of sulfonamides is 1. The van der Waals surface area contributed by atoms with Crippen molar-refractivity contribution in [2.75, 3.05) is 29.9 Å². The highest BCUT2D eigenvalue weighted by atomic mass is 32.2. The normalized spacial score (nSPS) is 12.5. The molecule has 0 fully saturated rings. The highest BCUT2D eigenvalue weighted by Crippen LogP contribution is 2.21. The molecule has 0 bridgehead atoms. The molecule has 0 saturated carbocycles. The highest BCUT2D eigenvalue weighted by Gasteiger charge is 2.16. The second-order valence-electron chi connectivity index (χ2n) is 7.05. The van der Waals surface area contributed by atoms with Gasteiger partial charge in [-0.05, 0) is 12.3 Å². The summed E-state index contributed by atoms with van der Waals surface area (Å²) in [5.74, 6) is 0.328. The van der Waals surface area contributed by atoms with Crippen LogP contribution < -0.4 is 15.4 Å². The molecule has 0 unspecified atom stereocenters. The summed E-state index contributed by atoms with van der Waals surface area (Å²) in [6, 6.07) is -0.297. The molecule has 2 rings (SSSR count). The van der Waals surface area contributed by atoms with Crippen molar-refractivity contribution in [2.45, 2.75) is 37.2 Å². The summed E-state index contributed by atoms with van der Waals surface area (Å²) in [4.78, 5) is 32.3. The Hall–Kier alpha value is -2.58. The first-order valence-electron chi connectivity index (χ1n) is 9.36. The Morgan fingerprint density at radius 1 is 1.16 bits per heavy atom. The van der Waals surface area contributed by atoms with Crippen LogP contribution >= 0.6 is 11.8 Å². The van der Waals surface area contributed by atoms with Crippen molar-refractivity contribution in [3.63, 3.8) is 0 Å². The van der Waals surface area contributed by atoms with Crippen molar-refractivity contribution in [1.82, 2.24) is 30.2 Å². The number of amides is 1. The molecule has 2 aromatic heterocycles. The first-order chi connectivity index (χ1) is 14.6. The van der Waals surface area contributed by atoms with Gasteiger partial charge in [0, 0.05) is 12.8 Å². The number of nitrogens with zero attached hydrogens (tertiary/aromatic N) is 5. The molecule has 2 heterocycles. The van der Waals surface area contributed by atoms with Gasteiger partial charge in [-0.3, -0.25) is 14.5 Å². The van der Waals surface area contributed by atoms with Gasteiger partial charge >= 0.3 is 0 Å². The van der Waals surface area contributed by atoms with Gasteiger partial charge in [-0.25, -0.2) is 13.4 Å². The van der Waals surface area contributed by atoms with Gasteiger partial charge in [-0.2, -0.15) is 15.0 Å². The second-order valence-corrected chi connectivity index (χ2v) is 9.74. The summed E-state index contributed by atoms with van der Waals surface area (Å²) in [5.41, 5.74) is 0.779. The van der Waals surface area contributed by atoms with Gasteiger partial charge in [0.2, 0.25) is 21.9 Å². The van der Waals surface area contributed by atoms with Crippen molar-refractivity contribution >= 4 is 39.6 Å². The van der Waals surface area contributed by atoms with Crippen LogP contribution in [0.1, 0.15) is 36.5 Å². The summed E-state index contributed by atoms with van der Waals surface area (Å²) in [7, 11) is -2.09. The Morgan fingerprint density at radius 3 is 2.42 bits per heavy atom. The fourth-order valence-electron chi connectivity index (χ4n) is 2.44. The lowest BCUT2D eigenvalue weighted by Crippen LogP contribution is -2.27. The average molecular weight is 471 g/mol. The van der Waals surface area contributed by atoms with Crippen LogP contribution in [0.15, 0.2) is 17.6 Å². The maximum Gasteiger partial charge on any atom is 0.271 e. The van der Waals surface area contributed by atoms with E-state index in [0.717, 1.165) is 6.26 Å². The predicted molar refractivity (Wildman–Crippen MR) is 117 cm³/mol. The number of aliphatic hydroxyl groups is 1. The van der Waals surface area contributed by atoms with E-state index in [9.17, 15) is 18.3 Å². The lowest BCUT2D eigenvalue weighted by atomic mass is 10.0. The minimum atomic E-state index is -3.60. The zero-order valence-electron chi connectivity index (χ0n) is 17.7. The Balaban J connectivity index is 2.20. The molecule has 4 N–H and O–H groups in total. The van der Waals surface area contributed by atoms with E-state index in [1.54, 1.807) is 0 Å². The Morgan fingerprint density at radius 2 is 1.87 bits per heavy atom. The number of aromatic nitrogens is 5. The van der Waals surface area contributed by atoms with Crippen LogP contribution in [-0.4, -0.2) is 70.3 Å². The number of anilines is 2. The summed E-state index contributed by atoms with van der Waals surface area (Å²) < 4.78 is 25.5. The van der Waals surface area contributed by atoms with E-state index in [1.165, 1.54) is 31.2 Å². The quantitative estimate of drug-likeness (QED) is 0.337. The van der Waals surface area contributed by atoms with E-state index >= 15 is 0 Å². The monoisotopic (exact) mass is 470 g/mol. The smallest absolute Gasteiger partial charge is 0.271 e. The summed E-state index contributed by atoms with van der Waals surface area (Å²) >= 11 is 1.19. The molecule has 2 aromatic rings. The molecule has 1 amide bonds. The van der Waals surface area contributed by atoms with E-state index in [-0.39, 0.29) is 41.3 Å². The standard InChI is InChI=1S/C17H26N8O4S2/c1-10(2)5-11(8-26)21-15-22-16(25-31(4,28)29)24-17(23-15)30-9-12-6-20-13(7-19-12)14(27)18-3/h6-7,10-11,26H,5,8-9H2,1-4H3,(H,18,27)(H2,21,22,23,24,25)/t11-/m1/s1. The molecule has 12 nitrogen and oxygen atoms in total. The van der Waals surface area contributed by atoms with E-state index in [1.807, 2.05) is 13.8 Å². The van der Waals surface area contributed by atoms with Gasteiger partial charge in [-0.15, -0.1) is 0 Å². The van der Waals surface area contributed by atoms with Gasteiger partial charge in [0.25, 0.3) is 5.91 Å². The van der Waals surface area contributed by atoms with Gasteiger partial charge in [0.15, 0.2) is 5.16 Å². The topological polar surface area (TPSA) is 172 Å². The minimum Gasteiger partial charge on any atom is -0.394 e. The maximum atomic E-state index is 11.6. The Labute approximate surface area is 185 Å². The molecule has 0 aliphatic heterocycles. The van der Waals surface area contributed by atoms with Crippen molar-refractivity contribution in [2.24, 2.45) is 5.92 Å². The highest BCUT2D eigenvalue weighted by molar-refractivity contribution is 7.98. The van der Waals surface area contributed by atoms with Crippen LogP contribution in [0.5, 0.6) is 0 Å². The molecule has 0 spiro atoms. The lowest BCUT2D eigenvalue weighted by molar-refractivity contribution is 0.0957. The molecule has 0 aliphatic carbocycles. The summed E-state index contributed by atoms with van der Waals surface area (Å²) in [5, 5.41) is 15.3. The van der Waals surface area contributed by atoms with Crippen LogP contribution in [0.25, 0.3) is 0 Å². The largest absolute Gasteiger partial charge is 0.394 e. The third-order valence-corrected chi connectivity index (χ3v) is 5.15. The molecular formula is C17H26N8O4S2. The van der Waals surface area contributed by atoms with E-state index in [2.05, 4.69) is 40.3 Å². The zero-order chi connectivity index (χ0) is 23.0. The van der Waals surface area contributed by atoms with Crippen molar-refractivity contribution in [3.05, 3.63) is 23.8 Å². The molecular weight excluding hydrogens is 444 g/mol. The van der Waals surface area contributed by atoms with Crippen LogP contribution in [0.2, 0.25) is 0 Å². The van der Waals surface area contributed by atoms with Gasteiger partial charge < -0.3 is 15.7 Å². The minimum absolute atomic E-state index is 0.131. The first-order valence-corrected chi connectivity index (χ1v) is 12.2. The number of carbonyl (C=O) groups is 1. The molecule has 1 atom stereocenters. The van der Waals surface area contributed by atoms with Crippen molar-refractivity contribution in [3.8, 4) is 0 Å². The number of hydrogen-bond acceptors (Lipinski definition) is 11. The number of aliphatic hydroxyl groups excluding tert-OH is 1. The molecule has 14 heteroatoms.